The number of rotatable bonds is 6. The Kier molecular flexibility index (Phi) is 4.48. The molecule has 1 amide bonds. The smallest absolute Gasteiger partial charge is 0.230 e. The molecule has 3 aromatic rings. The Bertz CT molecular complexity index is 925. The number of likely N-dealkylation sites (N-methyl/N-ethyl adjacent to an activating group) is 1. The molecule has 0 radical (unpaired) electrons. The van der Waals surface area contributed by atoms with Crippen LogP contribution in [0.15, 0.2) is 59.0 Å². The molecule has 0 bridgehead atoms. The molecular weight excluding hydrogens is 343 g/mol. The monoisotopic (exact) mass is 366 g/mol. The molecule has 1 N–H and O–H groups in total. The first-order valence-corrected chi connectivity index (χ1v) is 9.19. The average Bonchev–Trinajstić information content (AvgIpc) is 3.35. The van der Waals surface area contributed by atoms with Crippen molar-refractivity contribution < 1.29 is 13.6 Å². The highest BCUT2D eigenvalue weighted by Gasteiger charge is 2.51. The van der Waals surface area contributed by atoms with E-state index < -0.39 is 5.41 Å². The lowest BCUT2D eigenvalue weighted by Gasteiger charge is -2.24. The van der Waals surface area contributed by atoms with E-state index in [1.165, 1.54) is 12.1 Å². The number of hydrogen-bond donors (Lipinski definition) is 1. The lowest BCUT2D eigenvalue weighted by atomic mass is 9.95. The molecule has 1 saturated carbocycles. The summed E-state index contributed by atoms with van der Waals surface area (Å²) >= 11 is 0. The lowest BCUT2D eigenvalue weighted by molar-refractivity contribution is -0.123. The predicted molar refractivity (Wildman–Crippen MR) is 103 cm³/mol. The molecule has 0 aliphatic heterocycles. The Balaban J connectivity index is 1.50. The highest BCUT2D eigenvalue weighted by Crippen LogP contribution is 2.48. The first-order chi connectivity index (χ1) is 13.0. The van der Waals surface area contributed by atoms with Crippen LogP contribution in [0, 0.1) is 5.82 Å². The van der Waals surface area contributed by atoms with Crippen LogP contribution in [0.2, 0.25) is 0 Å². The third-order valence-corrected chi connectivity index (χ3v) is 5.43. The summed E-state index contributed by atoms with van der Waals surface area (Å²) < 4.78 is 19.2. The van der Waals surface area contributed by atoms with Gasteiger partial charge in [0.05, 0.1) is 11.5 Å². The summed E-state index contributed by atoms with van der Waals surface area (Å²) in [7, 11) is 3.94. The Morgan fingerprint density at radius 2 is 1.89 bits per heavy atom. The number of halogens is 1. The molecule has 1 aromatic heterocycles. The van der Waals surface area contributed by atoms with Crippen molar-refractivity contribution in [1.82, 2.24) is 10.2 Å². The molecule has 27 heavy (non-hydrogen) atoms. The zero-order valence-corrected chi connectivity index (χ0v) is 15.5. The number of benzene rings is 2. The van der Waals surface area contributed by atoms with Gasteiger partial charge in [0.15, 0.2) is 0 Å². The summed E-state index contributed by atoms with van der Waals surface area (Å²) in [6, 6.07) is 16.1. The van der Waals surface area contributed by atoms with Crippen LogP contribution < -0.4 is 5.32 Å². The van der Waals surface area contributed by atoms with Gasteiger partial charge in [0.1, 0.15) is 17.2 Å². The Labute approximate surface area is 158 Å². The Morgan fingerprint density at radius 1 is 1.19 bits per heavy atom. The van der Waals surface area contributed by atoms with Crippen molar-refractivity contribution in [1.29, 1.82) is 0 Å². The zero-order chi connectivity index (χ0) is 19.0. The maximum atomic E-state index is 13.2. The lowest BCUT2D eigenvalue weighted by Crippen LogP contribution is -2.40. The summed E-state index contributed by atoms with van der Waals surface area (Å²) in [5.41, 5.74) is 1.21. The number of furan rings is 1. The maximum absolute atomic E-state index is 13.2. The van der Waals surface area contributed by atoms with Crippen molar-refractivity contribution in [2.75, 3.05) is 20.6 Å². The Hall–Kier alpha value is -2.66. The van der Waals surface area contributed by atoms with E-state index >= 15 is 0 Å². The number of hydrogen-bond acceptors (Lipinski definition) is 3. The van der Waals surface area contributed by atoms with Gasteiger partial charge < -0.3 is 9.73 Å². The average molecular weight is 366 g/mol. The number of nitrogens with one attached hydrogen (secondary N) is 1. The molecule has 5 heteroatoms. The van der Waals surface area contributed by atoms with Gasteiger partial charge in [-0.2, -0.15) is 0 Å². The third-order valence-electron chi connectivity index (χ3n) is 5.43. The van der Waals surface area contributed by atoms with Crippen molar-refractivity contribution in [3.05, 3.63) is 71.7 Å². The van der Waals surface area contributed by atoms with E-state index in [1.54, 1.807) is 12.1 Å². The van der Waals surface area contributed by atoms with Crippen LogP contribution in [0.3, 0.4) is 0 Å². The summed E-state index contributed by atoms with van der Waals surface area (Å²) in [6.07, 6.45) is 1.59. The largest absolute Gasteiger partial charge is 0.459 e. The highest BCUT2D eigenvalue weighted by molar-refractivity contribution is 5.91. The second-order valence-corrected chi connectivity index (χ2v) is 7.47. The normalized spacial score (nSPS) is 16.4. The molecule has 0 saturated heterocycles. The second-order valence-electron chi connectivity index (χ2n) is 7.47. The van der Waals surface area contributed by atoms with Crippen LogP contribution in [0.4, 0.5) is 4.39 Å². The summed E-state index contributed by atoms with van der Waals surface area (Å²) in [5, 5.41) is 4.14. The zero-order valence-electron chi connectivity index (χ0n) is 15.5. The van der Waals surface area contributed by atoms with Crippen LogP contribution in [0.25, 0.3) is 11.0 Å². The Morgan fingerprint density at radius 3 is 2.52 bits per heavy atom. The fourth-order valence-corrected chi connectivity index (χ4v) is 3.60. The van der Waals surface area contributed by atoms with Crippen molar-refractivity contribution in [3.8, 4) is 0 Å². The fourth-order valence-electron chi connectivity index (χ4n) is 3.60. The van der Waals surface area contributed by atoms with Gasteiger partial charge in [-0.1, -0.05) is 30.3 Å². The van der Waals surface area contributed by atoms with Crippen LogP contribution in [-0.4, -0.2) is 31.4 Å². The molecule has 1 unspecified atom stereocenters. The minimum atomic E-state index is -0.515. The van der Waals surface area contributed by atoms with E-state index in [2.05, 4.69) is 5.32 Å². The molecule has 1 heterocycles. The van der Waals surface area contributed by atoms with Gasteiger partial charge in [-0.15, -0.1) is 0 Å². The van der Waals surface area contributed by atoms with E-state index in [0.717, 1.165) is 35.1 Å². The van der Waals surface area contributed by atoms with E-state index in [1.807, 2.05) is 49.3 Å². The topological polar surface area (TPSA) is 45.5 Å². The molecule has 0 spiro atoms. The van der Waals surface area contributed by atoms with E-state index in [-0.39, 0.29) is 17.8 Å². The van der Waals surface area contributed by atoms with Gasteiger partial charge >= 0.3 is 0 Å². The first-order valence-electron chi connectivity index (χ1n) is 9.19. The number of carbonyl (C=O) groups excluding carboxylic acids is 1. The van der Waals surface area contributed by atoms with Crippen LogP contribution >= 0.6 is 0 Å². The van der Waals surface area contributed by atoms with Crippen LogP contribution in [0.1, 0.15) is 30.2 Å². The molecule has 1 fully saturated rings. The minimum Gasteiger partial charge on any atom is -0.459 e. The molecule has 1 aliphatic carbocycles. The molecule has 2 aromatic carbocycles. The minimum absolute atomic E-state index is 0.00271. The van der Waals surface area contributed by atoms with Crippen molar-refractivity contribution in [3.63, 3.8) is 0 Å². The SMILES string of the molecule is CN(C)C(CNC(=O)C1(c2ccc(F)cc2)CC1)c1cc2ccccc2o1. The summed E-state index contributed by atoms with van der Waals surface area (Å²) in [6.45, 7) is 0.453. The quantitative estimate of drug-likeness (QED) is 0.717. The van der Waals surface area contributed by atoms with Gasteiger partial charge in [-0.3, -0.25) is 9.69 Å². The molecule has 1 atom stereocenters. The van der Waals surface area contributed by atoms with Crippen molar-refractivity contribution in [2.24, 2.45) is 0 Å². The predicted octanol–water partition coefficient (Wildman–Crippen LogP) is 4.02. The van der Waals surface area contributed by atoms with Gasteiger partial charge in [-0.05, 0) is 56.8 Å². The number of nitrogens with zero attached hydrogens (tertiary/aromatic N) is 1. The van der Waals surface area contributed by atoms with E-state index in [4.69, 9.17) is 4.42 Å². The molecule has 140 valence electrons. The first kappa shape index (κ1) is 17.7. The number of amides is 1. The van der Waals surface area contributed by atoms with Crippen molar-refractivity contribution in [2.45, 2.75) is 24.3 Å². The van der Waals surface area contributed by atoms with Crippen LogP contribution in [0.5, 0.6) is 0 Å². The second kappa shape index (κ2) is 6.82. The number of para-hydroxylation sites is 1. The van der Waals surface area contributed by atoms with Gasteiger partial charge in [-0.25, -0.2) is 4.39 Å². The molecule has 1 aliphatic rings. The summed E-state index contributed by atoms with van der Waals surface area (Å²) in [5.74, 6) is 0.540. The van der Waals surface area contributed by atoms with Gasteiger partial charge in [0, 0.05) is 11.9 Å². The van der Waals surface area contributed by atoms with Gasteiger partial charge in [0.25, 0.3) is 0 Å². The molecule has 4 rings (SSSR count). The highest BCUT2D eigenvalue weighted by atomic mass is 19.1. The van der Waals surface area contributed by atoms with Crippen molar-refractivity contribution >= 4 is 16.9 Å². The summed E-state index contributed by atoms with van der Waals surface area (Å²) in [4.78, 5) is 14.9. The van der Waals surface area contributed by atoms with E-state index in [9.17, 15) is 9.18 Å². The van der Waals surface area contributed by atoms with Crippen LogP contribution in [-0.2, 0) is 10.2 Å². The van der Waals surface area contributed by atoms with E-state index in [0.29, 0.717) is 6.54 Å². The molecule has 4 nitrogen and oxygen atoms in total. The molecular formula is C22H23FN2O2. The number of fused-ring (bicyclic) bond motifs is 1. The fraction of sp³-hybridized carbons (Fsp3) is 0.318. The number of carbonyl (C=O) groups is 1. The van der Waals surface area contributed by atoms with Gasteiger partial charge in [0.2, 0.25) is 5.91 Å². The standard InChI is InChI=1S/C22H23FN2O2/c1-25(2)18(20-13-15-5-3-4-6-19(15)27-20)14-24-21(26)22(11-12-22)16-7-9-17(23)10-8-16/h3-10,13,18H,11-12,14H2,1-2H3,(H,24,26). The maximum Gasteiger partial charge on any atom is 0.230 e. The third kappa shape index (κ3) is 3.35.